The quantitative estimate of drug-likeness (QED) is 0.312. The molecule has 6 nitrogen and oxygen atoms in total. The lowest BCUT2D eigenvalue weighted by atomic mass is 9.93. The van der Waals surface area contributed by atoms with Crippen LogP contribution in [0.25, 0.3) is 0 Å². The average molecular weight is 490 g/mol. The molecule has 2 rings (SSSR count). The van der Waals surface area contributed by atoms with E-state index in [0.717, 1.165) is 12.1 Å². The predicted octanol–water partition coefficient (Wildman–Crippen LogP) is 4.51. The van der Waals surface area contributed by atoms with Crippen molar-refractivity contribution in [3.05, 3.63) is 27.7 Å². The van der Waals surface area contributed by atoms with E-state index in [1.807, 2.05) is 0 Å². The van der Waals surface area contributed by atoms with E-state index in [-0.39, 0.29) is 12.5 Å². The minimum absolute atomic E-state index is 0.0350. The van der Waals surface area contributed by atoms with Gasteiger partial charge in [-0.25, -0.2) is 4.79 Å². The number of alkyl halides is 1. The largest absolute Gasteiger partial charge is 0.462 e. The van der Waals surface area contributed by atoms with Crippen LogP contribution in [-0.4, -0.2) is 48.0 Å². The molecule has 1 aromatic rings. The van der Waals surface area contributed by atoms with Gasteiger partial charge >= 0.3 is 11.9 Å². The second-order valence-corrected chi connectivity index (χ2v) is 8.53. The van der Waals surface area contributed by atoms with Crippen molar-refractivity contribution in [2.24, 2.45) is 0 Å². The van der Waals surface area contributed by atoms with Crippen molar-refractivity contribution in [2.45, 2.75) is 64.6 Å². The third kappa shape index (κ3) is 7.15. The van der Waals surface area contributed by atoms with Crippen LogP contribution in [0.5, 0.6) is 0 Å². The molecule has 0 spiro atoms. The number of carbonyl (C=O) groups excluding carboxylic acids is 2. The Labute approximate surface area is 186 Å². The maximum atomic E-state index is 12.6. The lowest BCUT2D eigenvalue weighted by Crippen LogP contribution is -2.36. The fraction of sp³-hybridized carbons (Fsp3) is 0.619. The van der Waals surface area contributed by atoms with Crippen molar-refractivity contribution < 1.29 is 19.1 Å². The Morgan fingerprint density at radius 2 is 2.00 bits per heavy atom. The number of esters is 2. The van der Waals surface area contributed by atoms with Crippen molar-refractivity contribution in [1.82, 2.24) is 4.90 Å². The Morgan fingerprint density at radius 1 is 1.31 bits per heavy atom. The van der Waals surface area contributed by atoms with Gasteiger partial charge in [-0.1, -0.05) is 26.2 Å². The highest BCUT2D eigenvalue weighted by molar-refractivity contribution is 9.10. The van der Waals surface area contributed by atoms with E-state index in [9.17, 15) is 9.59 Å². The third-order valence-corrected chi connectivity index (χ3v) is 6.24. The minimum atomic E-state index is -0.706. The molecule has 0 saturated heterocycles. The van der Waals surface area contributed by atoms with Gasteiger partial charge < -0.3 is 15.2 Å². The summed E-state index contributed by atoms with van der Waals surface area (Å²) < 4.78 is 11.0. The fourth-order valence-electron chi connectivity index (χ4n) is 3.63. The third-order valence-electron chi connectivity index (χ3n) is 5.24. The van der Waals surface area contributed by atoms with Crippen molar-refractivity contribution in [1.29, 1.82) is 0 Å². The number of hydrogen-bond donors (Lipinski definition) is 1. The SMILES string of the molecule is CCN(Cc1cc(C(=O)OC(CCl)COC(C)=O)cc(Br)c1N)C1CCCCC1. The second kappa shape index (κ2) is 11.8. The molecule has 162 valence electrons. The van der Waals surface area contributed by atoms with Crippen molar-refractivity contribution in [3.63, 3.8) is 0 Å². The zero-order chi connectivity index (χ0) is 21.4. The summed E-state index contributed by atoms with van der Waals surface area (Å²) in [5, 5.41) is 0. The molecular weight excluding hydrogens is 460 g/mol. The minimum Gasteiger partial charge on any atom is -0.462 e. The van der Waals surface area contributed by atoms with Gasteiger partial charge in [0, 0.05) is 24.0 Å². The molecule has 2 N–H and O–H groups in total. The first kappa shape index (κ1) is 24.0. The maximum Gasteiger partial charge on any atom is 0.338 e. The maximum absolute atomic E-state index is 12.6. The highest BCUT2D eigenvalue weighted by atomic mass is 79.9. The lowest BCUT2D eigenvalue weighted by Gasteiger charge is -2.34. The Morgan fingerprint density at radius 3 is 2.59 bits per heavy atom. The normalized spacial score (nSPS) is 15.9. The monoisotopic (exact) mass is 488 g/mol. The van der Waals surface area contributed by atoms with E-state index < -0.39 is 18.0 Å². The van der Waals surface area contributed by atoms with Gasteiger partial charge in [-0.3, -0.25) is 9.69 Å². The van der Waals surface area contributed by atoms with E-state index >= 15 is 0 Å². The first-order chi connectivity index (χ1) is 13.8. The molecule has 8 heteroatoms. The summed E-state index contributed by atoms with van der Waals surface area (Å²) in [7, 11) is 0. The number of ether oxygens (including phenoxy) is 2. The fourth-order valence-corrected chi connectivity index (χ4v) is 4.28. The Balaban J connectivity index is 2.14. The summed E-state index contributed by atoms with van der Waals surface area (Å²) in [4.78, 5) is 26.0. The molecule has 0 radical (unpaired) electrons. The van der Waals surface area contributed by atoms with Crippen LogP contribution in [0, 0.1) is 0 Å². The van der Waals surface area contributed by atoms with E-state index in [1.54, 1.807) is 12.1 Å². The van der Waals surface area contributed by atoms with Gasteiger partial charge in [0.2, 0.25) is 0 Å². The van der Waals surface area contributed by atoms with E-state index in [0.29, 0.717) is 28.3 Å². The highest BCUT2D eigenvalue weighted by Crippen LogP contribution is 2.30. The molecule has 1 aliphatic rings. The standard InChI is InChI=1S/C21H30BrClN2O4/c1-3-25(17-7-5-4-6-8-17)12-16-9-15(10-19(22)20(16)24)21(27)29-18(11-23)13-28-14(2)26/h9-10,17-18H,3-8,11-13,24H2,1-2H3. The van der Waals surface area contributed by atoms with E-state index in [4.69, 9.17) is 26.8 Å². The van der Waals surface area contributed by atoms with E-state index in [2.05, 4.69) is 27.8 Å². The number of halogens is 2. The molecule has 1 fully saturated rings. The summed E-state index contributed by atoms with van der Waals surface area (Å²) in [5.74, 6) is -0.936. The molecule has 0 heterocycles. The molecule has 1 aliphatic carbocycles. The number of nitrogens with two attached hydrogens (primary N) is 1. The van der Waals surface area contributed by atoms with Gasteiger partial charge in [0.15, 0.2) is 0 Å². The molecular formula is C21H30BrClN2O4. The molecule has 1 saturated carbocycles. The molecule has 1 aromatic carbocycles. The molecule has 29 heavy (non-hydrogen) atoms. The number of rotatable bonds is 9. The second-order valence-electron chi connectivity index (χ2n) is 7.37. The predicted molar refractivity (Wildman–Crippen MR) is 118 cm³/mol. The van der Waals surface area contributed by atoms with Crippen LogP contribution in [0.1, 0.15) is 61.9 Å². The van der Waals surface area contributed by atoms with Crippen LogP contribution >= 0.6 is 27.5 Å². The van der Waals surface area contributed by atoms with Crippen LogP contribution in [0.15, 0.2) is 16.6 Å². The van der Waals surface area contributed by atoms with Gasteiger partial charge in [-0.05, 0) is 53.0 Å². The molecule has 0 bridgehead atoms. The summed E-state index contributed by atoms with van der Waals surface area (Å²) >= 11 is 9.30. The smallest absolute Gasteiger partial charge is 0.338 e. The summed E-state index contributed by atoms with van der Waals surface area (Å²) in [6.07, 6.45) is 5.51. The van der Waals surface area contributed by atoms with Gasteiger partial charge in [0.25, 0.3) is 0 Å². The summed E-state index contributed by atoms with van der Waals surface area (Å²) in [6.45, 7) is 4.98. The number of nitrogen functional groups attached to an aromatic ring is 1. The number of benzene rings is 1. The number of carbonyl (C=O) groups is 2. The molecule has 0 aromatic heterocycles. The summed E-state index contributed by atoms with van der Waals surface area (Å²) in [5.41, 5.74) is 8.20. The molecule has 0 aliphatic heterocycles. The summed E-state index contributed by atoms with van der Waals surface area (Å²) in [6, 6.07) is 3.98. The lowest BCUT2D eigenvalue weighted by molar-refractivity contribution is -0.143. The van der Waals surface area contributed by atoms with Crippen LogP contribution in [0.3, 0.4) is 0 Å². The Hall–Kier alpha value is -1.31. The van der Waals surface area contributed by atoms with Crippen LogP contribution in [0.2, 0.25) is 0 Å². The average Bonchev–Trinajstić information content (AvgIpc) is 2.72. The van der Waals surface area contributed by atoms with E-state index in [1.165, 1.54) is 39.0 Å². The van der Waals surface area contributed by atoms with Gasteiger partial charge in [0.1, 0.15) is 12.7 Å². The van der Waals surface area contributed by atoms with Gasteiger partial charge in [-0.2, -0.15) is 0 Å². The highest BCUT2D eigenvalue weighted by Gasteiger charge is 2.23. The first-order valence-corrected chi connectivity index (χ1v) is 11.4. The molecule has 1 unspecified atom stereocenters. The van der Waals surface area contributed by atoms with Gasteiger partial charge in [-0.15, -0.1) is 11.6 Å². The molecule has 1 atom stereocenters. The number of hydrogen-bond acceptors (Lipinski definition) is 6. The Kier molecular flexibility index (Phi) is 9.72. The first-order valence-electron chi connectivity index (χ1n) is 10.1. The number of nitrogens with zero attached hydrogens (tertiary/aromatic N) is 1. The number of anilines is 1. The molecule has 0 amide bonds. The van der Waals surface area contributed by atoms with Crippen LogP contribution in [-0.2, 0) is 20.8 Å². The van der Waals surface area contributed by atoms with Crippen molar-refractivity contribution >= 4 is 45.2 Å². The topological polar surface area (TPSA) is 81.9 Å². The zero-order valence-electron chi connectivity index (χ0n) is 17.1. The van der Waals surface area contributed by atoms with Crippen LogP contribution in [0.4, 0.5) is 5.69 Å². The van der Waals surface area contributed by atoms with Gasteiger partial charge in [0.05, 0.1) is 17.1 Å². The van der Waals surface area contributed by atoms with Crippen LogP contribution < -0.4 is 5.73 Å². The zero-order valence-corrected chi connectivity index (χ0v) is 19.4. The van der Waals surface area contributed by atoms with Crippen molar-refractivity contribution in [2.75, 3.05) is 24.8 Å². The Bertz CT molecular complexity index is 710. The van der Waals surface area contributed by atoms with Crippen molar-refractivity contribution in [3.8, 4) is 0 Å².